The molecule has 2 aliphatic heterocycles. The Morgan fingerprint density at radius 1 is 1.09 bits per heavy atom. The number of nitrogens with zero attached hydrogens (tertiary/aromatic N) is 5. The topological polar surface area (TPSA) is 74.4 Å². The standard InChI is InChI=1S/C23H18F3N5O2/c1-11-27-7-15(21(29-11)22(25)26)14-6-19-17(31-10-28-30-23(14)31)4-2-13-16(24)3-5-18-20(13)12(8-32-18)9-33-19/h3,5-7,10,12,22H,2,4,8-9H2,1H3/t12-/m1/s1. The molecule has 0 fully saturated rings. The summed E-state index contributed by atoms with van der Waals surface area (Å²) in [5, 5.41) is 8.17. The highest BCUT2D eigenvalue weighted by molar-refractivity contribution is 5.80. The number of hydrogen-bond acceptors (Lipinski definition) is 6. The Bertz CT molecular complexity index is 1400. The summed E-state index contributed by atoms with van der Waals surface area (Å²) in [5.41, 5.74) is 2.77. The predicted octanol–water partition coefficient (Wildman–Crippen LogP) is 4.23. The van der Waals surface area contributed by atoms with E-state index in [1.807, 2.05) is 0 Å². The van der Waals surface area contributed by atoms with Crippen LogP contribution in [0.15, 0.2) is 30.7 Å². The Morgan fingerprint density at radius 2 is 1.91 bits per heavy atom. The minimum Gasteiger partial charge on any atom is -0.493 e. The number of aromatic nitrogens is 5. The van der Waals surface area contributed by atoms with Crippen LogP contribution in [-0.4, -0.2) is 37.8 Å². The SMILES string of the molecule is Cc1ncc(-c2cc3c(n4cnnc24)CCc2c(F)ccc4c2[C@H](CO4)CO3)c(C(F)F)n1. The average molecular weight is 453 g/mol. The van der Waals surface area contributed by atoms with E-state index in [0.29, 0.717) is 47.7 Å². The van der Waals surface area contributed by atoms with E-state index in [0.717, 1.165) is 11.3 Å². The second-order valence-electron chi connectivity index (χ2n) is 8.17. The maximum Gasteiger partial charge on any atom is 0.281 e. The minimum absolute atomic E-state index is 0.129. The van der Waals surface area contributed by atoms with Gasteiger partial charge < -0.3 is 9.47 Å². The molecular formula is C23H18F3N5O2. The first-order valence-corrected chi connectivity index (χ1v) is 10.6. The third kappa shape index (κ3) is 3.12. The number of fused-ring (bicyclic) bond motifs is 3. The van der Waals surface area contributed by atoms with Gasteiger partial charge in [-0.15, -0.1) is 10.2 Å². The Kier molecular flexibility index (Phi) is 4.49. The van der Waals surface area contributed by atoms with E-state index >= 15 is 0 Å². The lowest BCUT2D eigenvalue weighted by Gasteiger charge is -2.17. The fourth-order valence-electron chi connectivity index (χ4n) is 4.73. The van der Waals surface area contributed by atoms with Gasteiger partial charge in [-0.05, 0) is 43.5 Å². The molecule has 1 aromatic carbocycles. The summed E-state index contributed by atoms with van der Waals surface area (Å²) < 4.78 is 56.0. The van der Waals surface area contributed by atoms with Crippen molar-refractivity contribution in [2.75, 3.05) is 13.2 Å². The number of halogens is 3. The third-order valence-electron chi connectivity index (χ3n) is 6.23. The molecule has 2 aliphatic rings. The lowest BCUT2D eigenvalue weighted by Crippen LogP contribution is -2.13. The van der Waals surface area contributed by atoms with Crippen molar-refractivity contribution in [1.82, 2.24) is 24.6 Å². The van der Waals surface area contributed by atoms with Gasteiger partial charge in [-0.25, -0.2) is 23.1 Å². The second-order valence-corrected chi connectivity index (χ2v) is 8.17. The molecule has 0 aliphatic carbocycles. The highest BCUT2D eigenvalue weighted by Gasteiger charge is 2.32. The van der Waals surface area contributed by atoms with Crippen LogP contribution in [0.25, 0.3) is 16.8 Å². The zero-order valence-electron chi connectivity index (χ0n) is 17.6. The molecule has 0 saturated heterocycles. The molecule has 1 atom stereocenters. The molecular weight excluding hydrogens is 435 g/mol. The van der Waals surface area contributed by atoms with Gasteiger partial charge in [0, 0.05) is 22.9 Å². The van der Waals surface area contributed by atoms with Gasteiger partial charge >= 0.3 is 0 Å². The molecule has 5 heterocycles. The van der Waals surface area contributed by atoms with Gasteiger partial charge in [-0.1, -0.05) is 0 Å². The van der Waals surface area contributed by atoms with Crippen LogP contribution >= 0.6 is 0 Å². The maximum absolute atomic E-state index is 14.8. The van der Waals surface area contributed by atoms with Crippen molar-refractivity contribution in [2.24, 2.45) is 0 Å². The Morgan fingerprint density at radius 3 is 2.73 bits per heavy atom. The number of hydrogen-bond donors (Lipinski definition) is 0. The summed E-state index contributed by atoms with van der Waals surface area (Å²) >= 11 is 0. The van der Waals surface area contributed by atoms with Crippen molar-refractivity contribution in [3.8, 4) is 22.6 Å². The minimum atomic E-state index is -2.79. The van der Waals surface area contributed by atoms with E-state index in [2.05, 4.69) is 20.2 Å². The summed E-state index contributed by atoms with van der Waals surface area (Å²) in [6.07, 6.45) is 0.958. The summed E-state index contributed by atoms with van der Waals surface area (Å²) in [7, 11) is 0. The van der Waals surface area contributed by atoms with Gasteiger partial charge in [0.1, 0.15) is 35.2 Å². The van der Waals surface area contributed by atoms with Crippen molar-refractivity contribution in [3.63, 3.8) is 0 Å². The zero-order valence-corrected chi connectivity index (χ0v) is 17.6. The maximum atomic E-state index is 14.8. The van der Waals surface area contributed by atoms with Crippen LogP contribution in [0, 0.1) is 12.7 Å². The van der Waals surface area contributed by atoms with Crippen LogP contribution in [-0.2, 0) is 12.8 Å². The molecule has 0 spiro atoms. The highest BCUT2D eigenvalue weighted by Crippen LogP contribution is 2.41. The molecule has 3 aromatic heterocycles. The smallest absolute Gasteiger partial charge is 0.281 e. The van der Waals surface area contributed by atoms with E-state index in [9.17, 15) is 13.2 Å². The van der Waals surface area contributed by atoms with E-state index in [1.54, 1.807) is 23.5 Å². The third-order valence-corrected chi connectivity index (χ3v) is 6.23. The molecule has 7 nitrogen and oxygen atoms in total. The highest BCUT2D eigenvalue weighted by atomic mass is 19.3. The molecule has 4 aromatic rings. The first-order valence-electron chi connectivity index (χ1n) is 10.6. The molecule has 33 heavy (non-hydrogen) atoms. The zero-order chi connectivity index (χ0) is 22.7. The monoisotopic (exact) mass is 453 g/mol. The Balaban J connectivity index is 1.53. The predicted molar refractivity (Wildman–Crippen MR) is 111 cm³/mol. The van der Waals surface area contributed by atoms with Crippen LogP contribution in [0.5, 0.6) is 11.5 Å². The van der Waals surface area contributed by atoms with E-state index < -0.39 is 6.43 Å². The van der Waals surface area contributed by atoms with Gasteiger partial charge in [0.2, 0.25) is 0 Å². The van der Waals surface area contributed by atoms with Crippen LogP contribution < -0.4 is 9.47 Å². The van der Waals surface area contributed by atoms with E-state index in [-0.39, 0.29) is 35.4 Å². The fourth-order valence-corrected chi connectivity index (χ4v) is 4.73. The number of aryl methyl sites for hydroxylation is 2. The van der Waals surface area contributed by atoms with Crippen LogP contribution in [0.3, 0.4) is 0 Å². The Labute approximate surface area is 186 Å². The van der Waals surface area contributed by atoms with Crippen molar-refractivity contribution in [2.45, 2.75) is 32.1 Å². The lowest BCUT2D eigenvalue weighted by molar-refractivity contribution is 0.146. The first-order chi connectivity index (χ1) is 16.0. The van der Waals surface area contributed by atoms with Gasteiger partial charge in [-0.2, -0.15) is 0 Å². The Hall–Kier alpha value is -3.69. The van der Waals surface area contributed by atoms with Crippen LogP contribution in [0.4, 0.5) is 13.2 Å². The fraction of sp³-hybridized carbons (Fsp3) is 0.304. The molecule has 0 radical (unpaired) electrons. The summed E-state index contributed by atoms with van der Waals surface area (Å²) in [6.45, 7) is 2.21. The van der Waals surface area contributed by atoms with Gasteiger partial charge in [0.15, 0.2) is 5.65 Å². The van der Waals surface area contributed by atoms with Gasteiger partial charge in [-0.3, -0.25) is 4.40 Å². The number of pyridine rings is 1. The normalized spacial score (nSPS) is 17.1. The van der Waals surface area contributed by atoms with Gasteiger partial charge in [0.25, 0.3) is 6.43 Å². The average Bonchev–Trinajstić information content (AvgIpc) is 3.45. The number of benzene rings is 1. The second kappa shape index (κ2) is 7.43. The number of ether oxygens (including phenoxy) is 2. The molecule has 0 N–H and O–H groups in total. The van der Waals surface area contributed by atoms with Crippen molar-refractivity contribution in [3.05, 3.63) is 64.9 Å². The van der Waals surface area contributed by atoms with Crippen molar-refractivity contribution in [1.29, 1.82) is 0 Å². The molecule has 6 rings (SSSR count). The lowest BCUT2D eigenvalue weighted by atomic mass is 9.93. The van der Waals surface area contributed by atoms with E-state index in [1.165, 1.54) is 18.6 Å². The van der Waals surface area contributed by atoms with Crippen LogP contribution in [0.1, 0.15) is 40.7 Å². The van der Waals surface area contributed by atoms with Crippen molar-refractivity contribution < 1.29 is 22.6 Å². The molecule has 0 bridgehead atoms. The molecule has 0 saturated carbocycles. The summed E-state index contributed by atoms with van der Waals surface area (Å²) in [6, 6.07) is 4.76. The largest absolute Gasteiger partial charge is 0.493 e. The quantitative estimate of drug-likeness (QED) is 0.452. The number of alkyl halides is 2. The first kappa shape index (κ1) is 20.0. The van der Waals surface area contributed by atoms with Crippen LogP contribution in [0.2, 0.25) is 0 Å². The van der Waals surface area contributed by atoms with E-state index in [4.69, 9.17) is 9.47 Å². The molecule has 0 amide bonds. The summed E-state index contributed by atoms with van der Waals surface area (Å²) in [4.78, 5) is 8.07. The molecule has 10 heteroatoms. The van der Waals surface area contributed by atoms with Crippen molar-refractivity contribution >= 4 is 5.65 Å². The van der Waals surface area contributed by atoms with Gasteiger partial charge in [0.05, 0.1) is 24.8 Å². The number of rotatable bonds is 2. The summed E-state index contributed by atoms with van der Waals surface area (Å²) in [5.74, 6) is 1.03. The molecule has 168 valence electrons. The molecule has 0 unspecified atom stereocenters.